The summed E-state index contributed by atoms with van der Waals surface area (Å²) in [5.74, 6) is -0.147. The Bertz CT molecular complexity index is 202. The third kappa shape index (κ3) is 2.58. The summed E-state index contributed by atoms with van der Waals surface area (Å²) in [6.07, 6.45) is 8.55. The van der Waals surface area contributed by atoms with Gasteiger partial charge in [0.2, 0.25) is 0 Å². The molecule has 0 aromatic rings. The first-order chi connectivity index (χ1) is 5.33. The number of hydrogen-bond donors (Lipinski definition) is 0. The smallest absolute Gasteiger partial charge is 0.309 e. The molecule has 0 aromatic heterocycles. The van der Waals surface area contributed by atoms with E-state index in [0.29, 0.717) is 6.42 Å². The number of methoxy groups -OCH3 is 1. The predicted molar refractivity (Wildman–Crippen MR) is 43.1 cm³/mol. The molecule has 0 radical (unpaired) electrons. The zero-order chi connectivity index (χ0) is 8.10. The van der Waals surface area contributed by atoms with Crippen LogP contribution in [-0.4, -0.2) is 13.1 Å². The first-order valence-corrected chi connectivity index (χ1v) is 3.72. The van der Waals surface area contributed by atoms with Crippen LogP contribution in [0.4, 0.5) is 0 Å². The fraction of sp³-hybridized carbons (Fsp3) is 0.444. The van der Waals surface area contributed by atoms with E-state index in [1.165, 1.54) is 12.7 Å². The molecule has 0 saturated carbocycles. The SMILES string of the molecule is COC(=O)CC1=CCC=CC1. The zero-order valence-corrected chi connectivity index (χ0v) is 6.67. The highest BCUT2D eigenvalue weighted by molar-refractivity contribution is 5.72. The Morgan fingerprint density at radius 3 is 3.00 bits per heavy atom. The number of ether oxygens (including phenoxy) is 1. The molecule has 0 saturated heterocycles. The minimum atomic E-state index is -0.147. The topological polar surface area (TPSA) is 26.3 Å². The molecule has 0 amide bonds. The second kappa shape index (κ2) is 3.96. The second-order valence-electron chi connectivity index (χ2n) is 2.53. The van der Waals surface area contributed by atoms with E-state index in [0.717, 1.165) is 12.8 Å². The van der Waals surface area contributed by atoms with Crippen LogP contribution in [-0.2, 0) is 9.53 Å². The Morgan fingerprint density at radius 2 is 2.45 bits per heavy atom. The molecule has 0 spiro atoms. The van der Waals surface area contributed by atoms with Crippen molar-refractivity contribution in [3.05, 3.63) is 23.8 Å². The molecule has 2 heteroatoms. The van der Waals surface area contributed by atoms with E-state index in [1.807, 2.05) is 0 Å². The fourth-order valence-corrected chi connectivity index (χ4v) is 1.05. The van der Waals surface area contributed by atoms with E-state index >= 15 is 0 Å². The summed E-state index contributed by atoms with van der Waals surface area (Å²) >= 11 is 0. The molecule has 11 heavy (non-hydrogen) atoms. The Kier molecular flexibility index (Phi) is 2.90. The van der Waals surface area contributed by atoms with Crippen LogP contribution >= 0.6 is 0 Å². The van der Waals surface area contributed by atoms with Gasteiger partial charge in [0.15, 0.2) is 0 Å². The minimum Gasteiger partial charge on any atom is -0.469 e. The molecule has 0 aliphatic heterocycles. The highest BCUT2D eigenvalue weighted by Gasteiger charge is 2.05. The molecule has 60 valence electrons. The van der Waals surface area contributed by atoms with Crippen molar-refractivity contribution < 1.29 is 9.53 Å². The van der Waals surface area contributed by atoms with Crippen LogP contribution in [0, 0.1) is 0 Å². The fourth-order valence-electron chi connectivity index (χ4n) is 1.05. The Morgan fingerprint density at radius 1 is 1.64 bits per heavy atom. The lowest BCUT2D eigenvalue weighted by atomic mass is 10.0. The third-order valence-corrected chi connectivity index (χ3v) is 1.69. The lowest BCUT2D eigenvalue weighted by molar-refractivity contribution is -0.139. The monoisotopic (exact) mass is 152 g/mol. The molecule has 0 N–H and O–H groups in total. The molecule has 0 heterocycles. The summed E-state index contributed by atoms with van der Waals surface area (Å²) in [7, 11) is 1.42. The van der Waals surface area contributed by atoms with E-state index in [2.05, 4.69) is 23.0 Å². The van der Waals surface area contributed by atoms with Gasteiger partial charge in [-0.05, 0) is 12.8 Å². The summed E-state index contributed by atoms with van der Waals surface area (Å²) in [5.41, 5.74) is 1.17. The Labute approximate surface area is 66.5 Å². The Hall–Kier alpha value is -1.05. The standard InChI is InChI=1S/C9H12O2/c1-11-9(10)7-8-5-3-2-4-6-8/h2-3,6H,4-5,7H2,1H3. The number of esters is 1. The van der Waals surface area contributed by atoms with Crippen molar-refractivity contribution in [1.29, 1.82) is 0 Å². The highest BCUT2D eigenvalue weighted by atomic mass is 16.5. The van der Waals surface area contributed by atoms with Crippen molar-refractivity contribution in [1.82, 2.24) is 0 Å². The van der Waals surface area contributed by atoms with Gasteiger partial charge >= 0.3 is 5.97 Å². The van der Waals surface area contributed by atoms with Crippen LogP contribution in [0.15, 0.2) is 23.8 Å². The summed E-state index contributed by atoms with van der Waals surface area (Å²) in [6, 6.07) is 0. The van der Waals surface area contributed by atoms with Gasteiger partial charge in [-0.3, -0.25) is 4.79 Å². The maximum atomic E-state index is 10.8. The molecule has 0 bridgehead atoms. The van der Waals surface area contributed by atoms with Crippen LogP contribution in [0.3, 0.4) is 0 Å². The maximum absolute atomic E-state index is 10.8. The number of carbonyl (C=O) groups excluding carboxylic acids is 1. The van der Waals surface area contributed by atoms with Crippen molar-refractivity contribution >= 4 is 5.97 Å². The van der Waals surface area contributed by atoms with E-state index in [4.69, 9.17) is 0 Å². The lowest BCUT2D eigenvalue weighted by Crippen LogP contribution is -2.02. The molecule has 1 aliphatic rings. The van der Waals surface area contributed by atoms with E-state index in [9.17, 15) is 4.79 Å². The number of carbonyl (C=O) groups is 1. The number of allylic oxidation sites excluding steroid dienone is 3. The summed E-state index contributed by atoms with van der Waals surface area (Å²) in [6.45, 7) is 0. The van der Waals surface area contributed by atoms with Crippen LogP contribution in [0.2, 0.25) is 0 Å². The van der Waals surface area contributed by atoms with Crippen LogP contribution < -0.4 is 0 Å². The molecule has 1 aliphatic carbocycles. The molecule has 1 rings (SSSR count). The van der Waals surface area contributed by atoms with Crippen molar-refractivity contribution in [2.45, 2.75) is 19.3 Å². The quantitative estimate of drug-likeness (QED) is 0.445. The van der Waals surface area contributed by atoms with Gasteiger partial charge in [-0.2, -0.15) is 0 Å². The van der Waals surface area contributed by atoms with E-state index < -0.39 is 0 Å². The largest absolute Gasteiger partial charge is 0.469 e. The van der Waals surface area contributed by atoms with Gasteiger partial charge in [0, 0.05) is 0 Å². The summed E-state index contributed by atoms with van der Waals surface area (Å²) in [4.78, 5) is 10.8. The molecule has 2 nitrogen and oxygen atoms in total. The van der Waals surface area contributed by atoms with Gasteiger partial charge in [-0.25, -0.2) is 0 Å². The second-order valence-corrected chi connectivity index (χ2v) is 2.53. The van der Waals surface area contributed by atoms with Crippen LogP contribution in [0.1, 0.15) is 19.3 Å². The van der Waals surface area contributed by atoms with Gasteiger partial charge in [0.1, 0.15) is 0 Å². The highest BCUT2D eigenvalue weighted by Crippen LogP contribution is 2.14. The normalized spacial score (nSPS) is 15.9. The van der Waals surface area contributed by atoms with Gasteiger partial charge in [-0.15, -0.1) is 0 Å². The van der Waals surface area contributed by atoms with Gasteiger partial charge < -0.3 is 4.74 Å². The van der Waals surface area contributed by atoms with E-state index in [1.54, 1.807) is 0 Å². The van der Waals surface area contributed by atoms with Gasteiger partial charge in [0.05, 0.1) is 13.5 Å². The zero-order valence-electron chi connectivity index (χ0n) is 6.67. The molecule has 0 unspecified atom stereocenters. The van der Waals surface area contributed by atoms with Crippen molar-refractivity contribution in [3.8, 4) is 0 Å². The van der Waals surface area contributed by atoms with Gasteiger partial charge in [0.25, 0.3) is 0 Å². The first-order valence-electron chi connectivity index (χ1n) is 3.72. The van der Waals surface area contributed by atoms with Crippen molar-refractivity contribution in [2.75, 3.05) is 7.11 Å². The molecular weight excluding hydrogens is 140 g/mol. The van der Waals surface area contributed by atoms with Crippen LogP contribution in [0.5, 0.6) is 0 Å². The molecule has 0 aromatic carbocycles. The minimum absolute atomic E-state index is 0.147. The number of hydrogen-bond acceptors (Lipinski definition) is 2. The Balaban J connectivity index is 2.37. The average molecular weight is 152 g/mol. The molecular formula is C9H12O2. The predicted octanol–water partition coefficient (Wildman–Crippen LogP) is 1.83. The van der Waals surface area contributed by atoms with Crippen molar-refractivity contribution in [2.24, 2.45) is 0 Å². The lowest BCUT2D eigenvalue weighted by Gasteiger charge is -2.05. The van der Waals surface area contributed by atoms with Crippen LogP contribution in [0.25, 0.3) is 0 Å². The third-order valence-electron chi connectivity index (χ3n) is 1.69. The van der Waals surface area contributed by atoms with E-state index in [-0.39, 0.29) is 5.97 Å². The summed E-state index contributed by atoms with van der Waals surface area (Å²) < 4.78 is 4.55. The molecule has 0 fully saturated rings. The maximum Gasteiger partial charge on any atom is 0.309 e. The number of rotatable bonds is 2. The average Bonchev–Trinajstić information content (AvgIpc) is 2.06. The molecule has 0 atom stereocenters. The van der Waals surface area contributed by atoms with Gasteiger partial charge in [-0.1, -0.05) is 23.8 Å². The van der Waals surface area contributed by atoms with Crippen molar-refractivity contribution in [3.63, 3.8) is 0 Å². The first kappa shape index (κ1) is 8.05. The summed E-state index contributed by atoms with van der Waals surface area (Å²) in [5, 5.41) is 0.